The molecule has 24 heavy (non-hydrogen) atoms. The molecule has 0 bridgehead atoms. The summed E-state index contributed by atoms with van der Waals surface area (Å²) in [7, 11) is 0. The van der Waals surface area contributed by atoms with E-state index in [1.165, 1.54) is 11.0 Å². The number of likely N-dealkylation sites (tertiary alicyclic amines) is 1. The van der Waals surface area contributed by atoms with Crippen LogP contribution < -0.4 is 0 Å². The second-order valence-corrected chi connectivity index (χ2v) is 7.17. The Bertz CT molecular complexity index is 678. The van der Waals surface area contributed by atoms with E-state index in [2.05, 4.69) is 0 Å². The Morgan fingerprint density at radius 3 is 2.54 bits per heavy atom. The molecule has 1 saturated heterocycles. The van der Waals surface area contributed by atoms with Gasteiger partial charge in [0.15, 0.2) is 0 Å². The van der Waals surface area contributed by atoms with E-state index in [1.807, 2.05) is 20.8 Å². The number of amides is 1. The van der Waals surface area contributed by atoms with Crippen LogP contribution in [0.25, 0.3) is 0 Å². The van der Waals surface area contributed by atoms with Crippen LogP contribution in [0.4, 0.5) is 5.69 Å². The second kappa shape index (κ2) is 6.59. The third kappa shape index (κ3) is 3.72. The number of aliphatic carboxylic acids is 1. The van der Waals surface area contributed by atoms with E-state index in [-0.39, 0.29) is 23.7 Å². The summed E-state index contributed by atoms with van der Waals surface area (Å²) < 4.78 is 0. The lowest BCUT2D eigenvalue weighted by Gasteiger charge is -2.31. The van der Waals surface area contributed by atoms with Crippen LogP contribution in [0.1, 0.15) is 49.5 Å². The van der Waals surface area contributed by atoms with Gasteiger partial charge in [0.1, 0.15) is 0 Å². The maximum atomic E-state index is 12.6. The number of carbonyl (C=O) groups excluding carboxylic acids is 1. The number of nitro benzene ring substituents is 1. The van der Waals surface area contributed by atoms with E-state index >= 15 is 0 Å². The number of rotatable bonds is 3. The maximum Gasteiger partial charge on any atom is 0.308 e. The van der Waals surface area contributed by atoms with E-state index in [1.54, 1.807) is 12.1 Å². The molecule has 0 saturated carbocycles. The highest BCUT2D eigenvalue weighted by Gasteiger charge is 2.31. The zero-order valence-electron chi connectivity index (χ0n) is 14.1. The van der Waals surface area contributed by atoms with Crippen LogP contribution in [-0.2, 0) is 10.2 Å². The van der Waals surface area contributed by atoms with E-state index in [9.17, 15) is 19.7 Å². The van der Waals surface area contributed by atoms with E-state index in [0.29, 0.717) is 24.9 Å². The smallest absolute Gasteiger partial charge is 0.308 e. The number of carbonyl (C=O) groups is 2. The van der Waals surface area contributed by atoms with Crippen LogP contribution in [0, 0.1) is 16.0 Å². The number of hydrogen-bond donors (Lipinski definition) is 1. The topological polar surface area (TPSA) is 101 Å². The Kier molecular flexibility index (Phi) is 4.91. The molecule has 130 valence electrons. The highest BCUT2D eigenvalue weighted by atomic mass is 16.6. The van der Waals surface area contributed by atoms with Gasteiger partial charge in [0.25, 0.3) is 11.6 Å². The summed E-state index contributed by atoms with van der Waals surface area (Å²) in [6.45, 7) is 6.23. The standard InChI is InChI=1S/C17H22N2O5/c1-17(2,3)13-7-6-11(9-14(13)19(23)24)15(20)18-8-4-5-12(10-18)16(21)22/h6-7,9,12H,4-5,8,10H2,1-3H3,(H,21,22)/t12-/m0/s1. The normalized spacial score (nSPS) is 18.3. The molecular formula is C17H22N2O5. The minimum atomic E-state index is -0.915. The van der Waals surface area contributed by atoms with Gasteiger partial charge in [0.05, 0.1) is 10.8 Å². The Morgan fingerprint density at radius 2 is 2.00 bits per heavy atom. The van der Waals surface area contributed by atoms with E-state index in [0.717, 1.165) is 0 Å². The number of nitrogens with zero attached hydrogens (tertiary/aromatic N) is 2. The summed E-state index contributed by atoms with van der Waals surface area (Å²) >= 11 is 0. The Balaban J connectivity index is 2.32. The van der Waals surface area contributed by atoms with Gasteiger partial charge in [0.2, 0.25) is 0 Å². The third-order valence-corrected chi connectivity index (χ3v) is 4.31. The van der Waals surface area contributed by atoms with E-state index < -0.39 is 22.2 Å². The minimum Gasteiger partial charge on any atom is -0.481 e. The van der Waals surface area contributed by atoms with Gasteiger partial charge in [-0.1, -0.05) is 26.8 Å². The molecule has 1 N–H and O–H groups in total. The molecule has 1 aromatic rings. The molecule has 1 atom stereocenters. The zero-order valence-corrected chi connectivity index (χ0v) is 14.1. The zero-order chi connectivity index (χ0) is 18.1. The third-order valence-electron chi connectivity index (χ3n) is 4.31. The molecule has 1 aromatic carbocycles. The highest BCUT2D eigenvalue weighted by molar-refractivity contribution is 5.95. The molecule has 2 rings (SSSR count). The van der Waals surface area contributed by atoms with Crippen molar-refractivity contribution in [3.8, 4) is 0 Å². The summed E-state index contributed by atoms with van der Waals surface area (Å²) in [5.74, 6) is -1.85. The molecule has 1 fully saturated rings. The van der Waals surface area contributed by atoms with Gasteiger partial charge in [-0.3, -0.25) is 19.7 Å². The Hall–Kier alpha value is -2.44. The average molecular weight is 334 g/mol. The first-order valence-electron chi connectivity index (χ1n) is 7.92. The van der Waals surface area contributed by atoms with Gasteiger partial charge in [-0.05, 0) is 24.3 Å². The van der Waals surface area contributed by atoms with Crippen molar-refractivity contribution >= 4 is 17.6 Å². The first-order chi connectivity index (χ1) is 11.1. The van der Waals surface area contributed by atoms with Crippen molar-refractivity contribution in [2.45, 2.75) is 39.0 Å². The Labute approximate surface area is 140 Å². The summed E-state index contributed by atoms with van der Waals surface area (Å²) in [4.78, 5) is 36.1. The van der Waals surface area contributed by atoms with Crippen molar-refractivity contribution in [2.24, 2.45) is 5.92 Å². The fourth-order valence-electron chi connectivity index (χ4n) is 3.00. The molecule has 0 aromatic heterocycles. The molecule has 1 heterocycles. The molecule has 7 nitrogen and oxygen atoms in total. The van der Waals surface area contributed by atoms with Crippen LogP contribution in [0.5, 0.6) is 0 Å². The molecule has 7 heteroatoms. The lowest BCUT2D eigenvalue weighted by molar-refractivity contribution is -0.386. The SMILES string of the molecule is CC(C)(C)c1ccc(C(=O)N2CCC[C@H](C(=O)O)C2)cc1[N+](=O)[O-]. The summed E-state index contributed by atoms with van der Waals surface area (Å²) in [5.41, 5.74) is 0.288. The van der Waals surface area contributed by atoms with E-state index in [4.69, 9.17) is 5.11 Å². The lowest BCUT2D eigenvalue weighted by atomic mass is 9.85. The number of hydrogen-bond acceptors (Lipinski definition) is 4. The number of carboxylic acid groups (broad SMARTS) is 1. The second-order valence-electron chi connectivity index (χ2n) is 7.17. The quantitative estimate of drug-likeness (QED) is 0.676. The fourth-order valence-corrected chi connectivity index (χ4v) is 3.00. The number of carboxylic acids is 1. The average Bonchev–Trinajstić information content (AvgIpc) is 2.52. The fraction of sp³-hybridized carbons (Fsp3) is 0.529. The van der Waals surface area contributed by atoms with Gasteiger partial charge in [-0.25, -0.2) is 0 Å². The number of piperidine rings is 1. The number of benzene rings is 1. The largest absolute Gasteiger partial charge is 0.481 e. The van der Waals surface area contributed by atoms with Crippen molar-refractivity contribution in [1.29, 1.82) is 0 Å². The summed E-state index contributed by atoms with van der Waals surface area (Å²) in [6.07, 6.45) is 1.16. The number of nitro groups is 1. The molecule has 0 unspecified atom stereocenters. The summed E-state index contributed by atoms with van der Waals surface area (Å²) in [6, 6.07) is 4.50. The van der Waals surface area contributed by atoms with Crippen molar-refractivity contribution in [1.82, 2.24) is 4.90 Å². The van der Waals surface area contributed by atoms with Crippen molar-refractivity contribution in [3.63, 3.8) is 0 Å². The van der Waals surface area contributed by atoms with Gasteiger partial charge >= 0.3 is 5.97 Å². The van der Waals surface area contributed by atoms with Crippen LogP contribution in [0.15, 0.2) is 18.2 Å². The lowest BCUT2D eigenvalue weighted by Crippen LogP contribution is -2.42. The van der Waals surface area contributed by atoms with Gasteiger partial charge in [-0.2, -0.15) is 0 Å². The summed E-state index contributed by atoms with van der Waals surface area (Å²) in [5, 5.41) is 20.5. The molecular weight excluding hydrogens is 312 g/mol. The first kappa shape index (κ1) is 17.9. The van der Waals surface area contributed by atoms with Crippen LogP contribution >= 0.6 is 0 Å². The highest BCUT2D eigenvalue weighted by Crippen LogP contribution is 2.32. The van der Waals surface area contributed by atoms with Crippen LogP contribution in [0.3, 0.4) is 0 Å². The van der Waals surface area contributed by atoms with Gasteiger partial charge in [0, 0.05) is 30.3 Å². The molecule has 1 aliphatic rings. The first-order valence-corrected chi connectivity index (χ1v) is 7.92. The predicted molar refractivity (Wildman–Crippen MR) is 88.1 cm³/mol. The van der Waals surface area contributed by atoms with Crippen molar-refractivity contribution in [2.75, 3.05) is 13.1 Å². The van der Waals surface area contributed by atoms with Gasteiger partial charge in [-0.15, -0.1) is 0 Å². The van der Waals surface area contributed by atoms with Crippen molar-refractivity contribution < 1.29 is 19.6 Å². The molecule has 0 radical (unpaired) electrons. The Morgan fingerprint density at radius 1 is 1.33 bits per heavy atom. The molecule has 0 aliphatic carbocycles. The van der Waals surface area contributed by atoms with Crippen molar-refractivity contribution in [3.05, 3.63) is 39.4 Å². The minimum absolute atomic E-state index is 0.0832. The van der Waals surface area contributed by atoms with Crippen LogP contribution in [-0.4, -0.2) is 39.9 Å². The predicted octanol–water partition coefficient (Wildman–Crippen LogP) is 2.83. The molecule has 1 aliphatic heterocycles. The van der Waals surface area contributed by atoms with Crippen LogP contribution in [0.2, 0.25) is 0 Å². The monoisotopic (exact) mass is 334 g/mol. The molecule has 0 spiro atoms. The van der Waals surface area contributed by atoms with Gasteiger partial charge < -0.3 is 10.0 Å². The maximum absolute atomic E-state index is 12.6. The molecule has 1 amide bonds.